The highest BCUT2D eigenvalue weighted by molar-refractivity contribution is 5.82. The fourth-order valence-corrected chi connectivity index (χ4v) is 2.78. The van der Waals surface area contributed by atoms with Gasteiger partial charge in [0.2, 0.25) is 5.91 Å². The molecule has 17 heavy (non-hydrogen) atoms. The van der Waals surface area contributed by atoms with Crippen molar-refractivity contribution in [3.63, 3.8) is 0 Å². The van der Waals surface area contributed by atoms with Gasteiger partial charge >= 0.3 is 0 Å². The van der Waals surface area contributed by atoms with Gasteiger partial charge in [-0.25, -0.2) is 0 Å². The van der Waals surface area contributed by atoms with E-state index in [1.54, 1.807) is 0 Å². The molecule has 4 atom stereocenters. The lowest BCUT2D eigenvalue weighted by atomic mass is 9.71. The number of hydrogen-bond acceptors (Lipinski definition) is 2. The molecular weight excluding hydrogens is 212 g/mol. The molecule has 0 spiro atoms. The third-order valence-electron chi connectivity index (χ3n) is 3.72. The lowest BCUT2D eigenvalue weighted by molar-refractivity contribution is -0.124. The third-order valence-corrected chi connectivity index (χ3v) is 3.72. The zero-order valence-corrected chi connectivity index (χ0v) is 11.3. The highest BCUT2D eigenvalue weighted by atomic mass is 16.2. The molecule has 96 valence electrons. The third kappa shape index (κ3) is 2.89. The molecule has 2 aliphatic rings. The molecule has 3 heteroatoms. The van der Waals surface area contributed by atoms with Crippen LogP contribution in [0.4, 0.5) is 0 Å². The van der Waals surface area contributed by atoms with E-state index in [0.29, 0.717) is 12.0 Å². The highest BCUT2D eigenvalue weighted by Gasteiger charge is 2.41. The Hall–Kier alpha value is -0.830. The molecule has 0 aliphatic heterocycles. The molecule has 0 aromatic carbocycles. The second-order valence-electron chi connectivity index (χ2n) is 6.47. The molecular formula is C14H24N2O. The number of allylic oxidation sites excluding steroid dienone is 1. The monoisotopic (exact) mass is 236 g/mol. The Morgan fingerprint density at radius 2 is 2.12 bits per heavy atom. The molecule has 0 radical (unpaired) electrons. The largest absolute Gasteiger partial charge is 0.350 e. The summed E-state index contributed by atoms with van der Waals surface area (Å²) in [5.41, 5.74) is -0.150. The van der Waals surface area contributed by atoms with E-state index in [-0.39, 0.29) is 17.5 Å². The van der Waals surface area contributed by atoms with Crippen LogP contribution in [-0.4, -0.2) is 23.5 Å². The van der Waals surface area contributed by atoms with Crippen LogP contribution in [0.2, 0.25) is 0 Å². The Kier molecular flexibility index (Phi) is 3.30. The first-order valence-electron chi connectivity index (χ1n) is 6.61. The van der Waals surface area contributed by atoms with Crippen LogP contribution in [0.15, 0.2) is 12.2 Å². The molecule has 0 heterocycles. The van der Waals surface area contributed by atoms with Crippen molar-refractivity contribution in [1.82, 2.24) is 10.6 Å². The molecule has 1 fully saturated rings. The van der Waals surface area contributed by atoms with Crippen molar-refractivity contribution in [2.45, 2.75) is 58.2 Å². The van der Waals surface area contributed by atoms with Crippen molar-refractivity contribution in [3.8, 4) is 0 Å². The van der Waals surface area contributed by atoms with Gasteiger partial charge in [-0.2, -0.15) is 0 Å². The maximum Gasteiger partial charge on any atom is 0.237 e. The second kappa shape index (κ2) is 4.45. The lowest BCUT2D eigenvalue weighted by Crippen LogP contribution is -2.57. The normalized spacial score (nSPS) is 32.8. The van der Waals surface area contributed by atoms with Crippen LogP contribution in [0.1, 0.15) is 40.5 Å². The summed E-state index contributed by atoms with van der Waals surface area (Å²) in [6.45, 7) is 7.98. The molecule has 1 amide bonds. The summed E-state index contributed by atoms with van der Waals surface area (Å²) < 4.78 is 0. The van der Waals surface area contributed by atoms with Crippen molar-refractivity contribution < 1.29 is 4.79 Å². The molecule has 1 saturated carbocycles. The molecule has 2 rings (SSSR count). The van der Waals surface area contributed by atoms with Gasteiger partial charge in [-0.15, -0.1) is 0 Å². The maximum absolute atomic E-state index is 11.9. The van der Waals surface area contributed by atoms with Gasteiger partial charge in [-0.05, 0) is 52.4 Å². The first-order valence-corrected chi connectivity index (χ1v) is 6.61. The Morgan fingerprint density at radius 3 is 2.71 bits per heavy atom. The zero-order valence-electron chi connectivity index (χ0n) is 11.3. The SMILES string of the molecule is CC(NC1CC2CC=CC21)C(=O)NC(C)(C)C. The van der Waals surface area contributed by atoms with Crippen molar-refractivity contribution in [2.24, 2.45) is 11.8 Å². The summed E-state index contributed by atoms with van der Waals surface area (Å²) in [5, 5.41) is 6.46. The van der Waals surface area contributed by atoms with E-state index in [9.17, 15) is 4.79 Å². The molecule has 3 nitrogen and oxygen atoms in total. The van der Waals surface area contributed by atoms with E-state index in [1.165, 1.54) is 12.8 Å². The van der Waals surface area contributed by atoms with E-state index in [2.05, 4.69) is 22.8 Å². The smallest absolute Gasteiger partial charge is 0.237 e. The Morgan fingerprint density at radius 1 is 1.41 bits per heavy atom. The van der Waals surface area contributed by atoms with Crippen LogP contribution < -0.4 is 10.6 Å². The number of carbonyl (C=O) groups excluding carboxylic acids is 1. The fraction of sp³-hybridized carbons (Fsp3) is 0.786. The predicted molar refractivity (Wildman–Crippen MR) is 69.6 cm³/mol. The average molecular weight is 236 g/mol. The number of amides is 1. The van der Waals surface area contributed by atoms with Crippen LogP contribution >= 0.6 is 0 Å². The van der Waals surface area contributed by atoms with Crippen LogP contribution in [0.25, 0.3) is 0 Å². The second-order valence-corrected chi connectivity index (χ2v) is 6.47. The first-order chi connectivity index (χ1) is 7.87. The number of carbonyl (C=O) groups is 1. The lowest BCUT2D eigenvalue weighted by Gasteiger charge is -2.42. The van der Waals surface area contributed by atoms with Gasteiger partial charge in [0.05, 0.1) is 6.04 Å². The van der Waals surface area contributed by atoms with Crippen molar-refractivity contribution in [2.75, 3.05) is 0 Å². The van der Waals surface area contributed by atoms with E-state index in [1.807, 2.05) is 27.7 Å². The van der Waals surface area contributed by atoms with Crippen molar-refractivity contribution >= 4 is 5.91 Å². The van der Waals surface area contributed by atoms with E-state index < -0.39 is 0 Å². The highest BCUT2D eigenvalue weighted by Crippen LogP contribution is 2.42. The average Bonchev–Trinajstić information content (AvgIpc) is 2.53. The summed E-state index contributed by atoms with van der Waals surface area (Å²) in [6, 6.07) is 0.397. The molecule has 0 bridgehead atoms. The van der Waals surface area contributed by atoms with E-state index in [4.69, 9.17) is 0 Å². The topological polar surface area (TPSA) is 41.1 Å². The Balaban J connectivity index is 1.79. The van der Waals surface area contributed by atoms with Gasteiger partial charge in [0.1, 0.15) is 0 Å². The predicted octanol–water partition coefficient (Wildman–Crippen LogP) is 1.84. The minimum atomic E-state index is -0.150. The zero-order chi connectivity index (χ0) is 12.6. The molecule has 0 aromatic rings. The van der Waals surface area contributed by atoms with Gasteiger partial charge in [0, 0.05) is 11.6 Å². The quantitative estimate of drug-likeness (QED) is 0.734. The summed E-state index contributed by atoms with van der Waals surface area (Å²) in [5.74, 6) is 1.60. The fourth-order valence-electron chi connectivity index (χ4n) is 2.78. The van der Waals surface area contributed by atoms with Crippen molar-refractivity contribution in [1.29, 1.82) is 0 Å². The number of hydrogen-bond donors (Lipinski definition) is 2. The summed E-state index contributed by atoms with van der Waals surface area (Å²) >= 11 is 0. The van der Waals surface area contributed by atoms with Crippen LogP contribution in [0.5, 0.6) is 0 Å². The van der Waals surface area contributed by atoms with E-state index >= 15 is 0 Å². The molecule has 2 N–H and O–H groups in total. The van der Waals surface area contributed by atoms with Gasteiger partial charge < -0.3 is 10.6 Å². The first kappa shape index (κ1) is 12.6. The van der Waals surface area contributed by atoms with E-state index in [0.717, 1.165) is 5.92 Å². The maximum atomic E-state index is 11.9. The minimum absolute atomic E-state index is 0.0999. The molecule has 4 unspecified atom stereocenters. The Bertz CT molecular complexity index is 330. The molecule has 0 aromatic heterocycles. The number of fused-ring (bicyclic) bond motifs is 1. The number of nitrogens with one attached hydrogen (secondary N) is 2. The van der Waals surface area contributed by atoms with Crippen LogP contribution in [0, 0.1) is 11.8 Å². The molecule has 0 saturated heterocycles. The number of rotatable bonds is 3. The molecule has 2 aliphatic carbocycles. The minimum Gasteiger partial charge on any atom is -0.350 e. The van der Waals surface area contributed by atoms with Gasteiger partial charge in [-0.1, -0.05) is 12.2 Å². The summed E-state index contributed by atoms with van der Waals surface area (Å²) in [7, 11) is 0. The van der Waals surface area contributed by atoms with Crippen LogP contribution in [0.3, 0.4) is 0 Å². The van der Waals surface area contributed by atoms with Crippen LogP contribution in [-0.2, 0) is 4.79 Å². The van der Waals surface area contributed by atoms with Gasteiger partial charge in [0.25, 0.3) is 0 Å². The van der Waals surface area contributed by atoms with Gasteiger partial charge in [0.15, 0.2) is 0 Å². The Labute approximate surface area is 104 Å². The standard InChI is InChI=1S/C14H24N2O/c1-9(13(17)16-14(2,3)4)15-12-8-10-6-5-7-11(10)12/h5,7,9-12,15H,6,8H2,1-4H3,(H,16,17). The summed E-state index contributed by atoms with van der Waals surface area (Å²) in [4.78, 5) is 11.9. The summed E-state index contributed by atoms with van der Waals surface area (Å²) in [6.07, 6.45) is 7.02. The van der Waals surface area contributed by atoms with Crippen molar-refractivity contribution in [3.05, 3.63) is 12.2 Å². The van der Waals surface area contributed by atoms with Gasteiger partial charge in [-0.3, -0.25) is 4.79 Å².